The van der Waals surface area contributed by atoms with E-state index in [9.17, 15) is 0 Å². The summed E-state index contributed by atoms with van der Waals surface area (Å²) < 4.78 is 5.83. The fourth-order valence-electron chi connectivity index (χ4n) is 2.16. The molecule has 0 bridgehead atoms. The van der Waals surface area contributed by atoms with Crippen molar-refractivity contribution in [2.45, 2.75) is 87.0 Å². The molecule has 0 saturated carbocycles. The van der Waals surface area contributed by atoms with E-state index in [4.69, 9.17) is 4.74 Å². The van der Waals surface area contributed by atoms with Crippen LogP contribution in [-0.2, 0) is 10.8 Å². The van der Waals surface area contributed by atoms with Crippen LogP contribution in [-0.4, -0.2) is 6.61 Å². The lowest BCUT2D eigenvalue weighted by molar-refractivity contribution is 0.325. The van der Waals surface area contributed by atoms with Crippen LogP contribution in [0.1, 0.15) is 87.3 Å². The molecule has 0 atom stereocenters. The molecule has 1 nitrogen and oxygen atoms in total. The van der Waals surface area contributed by atoms with Gasteiger partial charge in [-0.3, -0.25) is 0 Å². The molecule has 0 saturated heterocycles. The summed E-state index contributed by atoms with van der Waals surface area (Å²) in [5.74, 6) is 1.05. The van der Waals surface area contributed by atoms with E-state index in [0.29, 0.717) is 0 Å². The van der Waals surface area contributed by atoms with Crippen molar-refractivity contribution in [3.63, 3.8) is 0 Å². The SMILES string of the molecule is C.C.CCOc1ccc(C(C)(C)CC)cc1C(C)(C)CC. The Morgan fingerprint density at radius 2 is 1.38 bits per heavy atom. The molecule has 21 heavy (non-hydrogen) atoms. The molecule has 0 fully saturated rings. The van der Waals surface area contributed by atoms with E-state index in [1.807, 2.05) is 6.92 Å². The summed E-state index contributed by atoms with van der Waals surface area (Å²) in [6, 6.07) is 6.74. The molecule has 1 heteroatoms. The smallest absolute Gasteiger partial charge is 0.123 e. The molecule has 1 aromatic carbocycles. The Morgan fingerprint density at radius 1 is 0.857 bits per heavy atom. The van der Waals surface area contributed by atoms with Crippen molar-refractivity contribution in [2.24, 2.45) is 0 Å². The summed E-state index contributed by atoms with van der Waals surface area (Å²) >= 11 is 0. The Labute approximate surface area is 134 Å². The quantitative estimate of drug-likeness (QED) is 0.565. The maximum Gasteiger partial charge on any atom is 0.123 e. The van der Waals surface area contributed by atoms with Gasteiger partial charge in [-0.15, -0.1) is 0 Å². The highest BCUT2D eigenvalue weighted by Gasteiger charge is 2.26. The fourth-order valence-corrected chi connectivity index (χ4v) is 2.16. The second-order valence-electron chi connectivity index (χ2n) is 6.62. The van der Waals surface area contributed by atoms with Gasteiger partial charge in [0.1, 0.15) is 5.75 Å². The van der Waals surface area contributed by atoms with Gasteiger partial charge in [0.25, 0.3) is 0 Å². The molecule has 124 valence electrons. The monoisotopic (exact) mass is 294 g/mol. The molecule has 0 spiro atoms. The summed E-state index contributed by atoms with van der Waals surface area (Å²) in [4.78, 5) is 0. The van der Waals surface area contributed by atoms with Gasteiger partial charge in [0.15, 0.2) is 0 Å². The van der Waals surface area contributed by atoms with Gasteiger partial charge in [0.2, 0.25) is 0 Å². The first-order valence-corrected chi connectivity index (χ1v) is 7.56. The first-order valence-electron chi connectivity index (χ1n) is 7.56. The first kappa shape index (κ1) is 22.3. The van der Waals surface area contributed by atoms with Gasteiger partial charge >= 0.3 is 0 Å². The van der Waals surface area contributed by atoms with Crippen LogP contribution in [0.3, 0.4) is 0 Å². The molecule has 0 amide bonds. The van der Waals surface area contributed by atoms with Crippen LogP contribution in [0.15, 0.2) is 18.2 Å². The normalized spacial score (nSPS) is 11.4. The summed E-state index contributed by atoms with van der Waals surface area (Å²) in [5, 5.41) is 0. The lowest BCUT2D eigenvalue weighted by Gasteiger charge is -2.30. The lowest BCUT2D eigenvalue weighted by atomic mass is 9.76. The number of benzene rings is 1. The first-order chi connectivity index (χ1) is 8.78. The topological polar surface area (TPSA) is 9.23 Å². The van der Waals surface area contributed by atoms with Crippen molar-refractivity contribution in [1.29, 1.82) is 0 Å². The average molecular weight is 295 g/mol. The average Bonchev–Trinajstić information content (AvgIpc) is 2.39. The third-order valence-electron chi connectivity index (χ3n) is 4.56. The molecule has 0 aromatic heterocycles. The summed E-state index contributed by atoms with van der Waals surface area (Å²) in [6.45, 7) is 16.5. The standard InChI is InChI=1S/C18H30O.2CH4/c1-8-17(4,5)14-11-12-16(19-10-3)15(13-14)18(6,7)9-2;;/h11-13H,8-10H2,1-7H3;2*1H4. The van der Waals surface area contributed by atoms with Crippen LogP contribution in [0.4, 0.5) is 0 Å². The molecule has 0 aliphatic heterocycles. The van der Waals surface area contributed by atoms with Crippen molar-refractivity contribution in [2.75, 3.05) is 6.61 Å². The molecule has 0 heterocycles. The Balaban J connectivity index is 0. The molecular formula is C20H38O. The second-order valence-corrected chi connectivity index (χ2v) is 6.62. The summed E-state index contributed by atoms with van der Waals surface area (Å²) in [6.07, 6.45) is 2.26. The Morgan fingerprint density at radius 3 is 1.81 bits per heavy atom. The molecule has 1 rings (SSSR count). The molecule has 0 aliphatic carbocycles. The van der Waals surface area contributed by atoms with E-state index in [1.165, 1.54) is 11.1 Å². The highest BCUT2D eigenvalue weighted by atomic mass is 16.5. The van der Waals surface area contributed by atoms with Crippen molar-refractivity contribution >= 4 is 0 Å². The molecular weight excluding hydrogens is 256 g/mol. The van der Waals surface area contributed by atoms with Gasteiger partial charge in [-0.2, -0.15) is 0 Å². The third-order valence-corrected chi connectivity index (χ3v) is 4.56. The predicted octanol–water partition coefficient (Wildman–Crippen LogP) is 6.73. The maximum atomic E-state index is 5.83. The maximum absolute atomic E-state index is 5.83. The Kier molecular flexibility index (Phi) is 8.98. The third kappa shape index (κ3) is 5.05. The van der Waals surface area contributed by atoms with Gasteiger partial charge in [-0.1, -0.05) is 68.5 Å². The summed E-state index contributed by atoms with van der Waals surface area (Å²) in [7, 11) is 0. The second kappa shape index (κ2) is 8.46. The van der Waals surface area contributed by atoms with Crippen molar-refractivity contribution < 1.29 is 4.74 Å². The van der Waals surface area contributed by atoms with Gasteiger partial charge < -0.3 is 4.74 Å². The van der Waals surface area contributed by atoms with E-state index in [-0.39, 0.29) is 25.7 Å². The van der Waals surface area contributed by atoms with Gasteiger partial charge in [0, 0.05) is 5.56 Å². The van der Waals surface area contributed by atoms with Crippen LogP contribution in [0.25, 0.3) is 0 Å². The zero-order valence-corrected chi connectivity index (χ0v) is 13.8. The number of ether oxygens (including phenoxy) is 1. The van der Waals surface area contributed by atoms with Crippen LogP contribution >= 0.6 is 0 Å². The number of hydrogen-bond acceptors (Lipinski definition) is 1. The number of rotatable bonds is 6. The fraction of sp³-hybridized carbons (Fsp3) is 0.700. The Hall–Kier alpha value is -0.980. The lowest BCUT2D eigenvalue weighted by Crippen LogP contribution is -2.21. The van der Waals surface area contributed by atoms with Gasteiger partial charge in [-0.25, -0.2) is 0 Å². The van der Waals surface area contributed by atoms with Crippen molar-refractivity contribution in [3.05, 3.63) is 29.3 Å². The minimum absolute atomic E-state index is 0. The molecule has 1 aromatic rings. The van der Waals surface area contributed by atoms with E-state index in [2.05, 4.69) is 59.7 Å². The number of hydrogen-bond donors (Lipinski definition) is 0. The van der Waals surface area contributed by atoms with E-state index >= 15 is 0 Å². The minimum atomic E-state index is 0. The zero-order chi connectivity index (χ0) is 14.7. The summed E-state index contributed by atoms with van der Waals surface area (Å²) in [5.41, 5.74) is 3.14. The van der Waals surface area contributed by atoms with Crippen LogP contribution in [0, 0.1) is 0 Å². The van der Waals surface area contributed by atoms with Crippen LogP contribution in [0.2, 0.25) is 0 Å². The van der Waals surface area contributed by atoms with Crippen LogP contribution < -0.4 is 4.74 Å². The van der Waals surface area contributed by atoms with E-state index in [0.717, 1.165) is 25.2 Å². The molecule has 0 N–H and O–H groups in total. The predicted molar refractivity (Wildman–Crippen MR) is 97.7 cm³/mol. The Bertz CT molecular complexity index is 416. The van der Waals surface area contributed by atoms with Gasteiger partial charge in [-0.05, 0) is 42.2 Å². The molecule has 0 radical (unpaired) electrons. The highest BCUT2D eigenvalue weighted by Crippen LogP contribution is 2.38. The zero-order valence-electron chi connectivity index (χ0n) is 13.8. The van der Waals surface area contributed by atoms with E-state index < -0.39 is 0 Å². The van der Waals surface area contributed by atoms with Gasteiger partial charge in [0.05, 0.1) is 6.61 Å². The largest absolute Gasteiger partial charge is 0.494 e. The molecule has 0 aliphatic rings. The minimum Gasteiger partial charge on any atom is -0.494 e. The van der Waals surface area contributed by atoms with E-state index in [1.54, 1.807) is 0 Å². The molecule has 0 unspecified atom stereocenters. The highest BCUT2D eigenvalue weighted by molar-refractivity contribution is 5.44. The van der Waals surface area contributed by atoms with Crippen molar-refractivity contribution in [3.8, 4) is 5.75 Å². The van der Waals surface area contributed by atoms with Crippen molar-refractivity contribution in [1.82, 2.24) is 0 Å². The van der Waals surface area contributed by atoms with Crippen LogP contribution in [0.5, 0.6) is 5.75 Å².